The molecule has 0 atom stereocenters. The molecular formula is C4H5NO3. The van der Waals surface area contributed by atoms with Crippen LogP contribution in [0.3, 0.4) is 0 Å². The van der Waals surface area contributed by atoms with Crippen LogP contribution in [0.4, 0.5) is 0 Å². The van der Waals surface area contributed by atoms with E-state index >= 15 is 0 Å². The maximum Gasteiger partial charge on any atom is 0.222 e. The molecule has 0 unspecified atom stereocenters. The van der Waals surface area contributed by atoms with Gasteiger partial charge in [-0.15, -0.1) is 0 Å². The lowest BCUT2D eigenvalue weighted by atomic mass is 10.5. The van der Waals surface area contributed by atoms with Gasteiger partial charge in [0.25, 0.3) is 0 Å². The second kappa shape index (κ2) is 3.98. The summed E-state index contributed by atoms with van der Waals surface area (Å²) in [5.41, 5.74) is 0. The van der Waals surface area contributed by atoms with Crippen molar-refractivity contribution < 1.29 is 9.72 Å². The van der Waals surface area contributed by atoms with Crippen LogP contribution in [0.5, 0.6) is 0 Å². The Hall–Kier alpha value is -1.19. The summed E-state index contributed by atoms with van der Waals surface area (Å²) in [6.07, 6.45) is 2.79. The third-order valence-electron chi connectivity index (χ3n) is 0.469. The Kier molecular flexibility index (Phi) is 3.39. The Morgan fingerprint density at radius 1 is 1.62 bits per heavy atom. The van der Waals surface area contributed by atoms with E-state index in [0.29, 0.717) is 6.29 Å². The van der Waals surface area contributed by atoms with Crippen molar-refractivity contribution in [3.63, 3.8) is 0 Å². The Morgan fingerprint density at radius 3 is 2.62 bits per heavy atom. The molecule has 8 heavy (non-hydrogen) atoms. The highest BCUT2D eigenvalue weighted by Crippen LogP contribution is 1.69. The number of aldehydes is 1. The Bertz CT molecular complexity index is 118. The van der Waals surface area contributed by atoms with Crippen molar-refractivity contribution in [3.8, 4) is 0 Å². The molecule has 0 aromatic rings. The zero-order valence-corrected chi connectivity index (χ0v) is 4.11. The number of carbonyl (C=O) groups excluding carboxylic acids is 1. The van der Waals surface area contributed by atoms with E-state index in [9.17, 15) is 14.9 Å². The summed E-state index contributed by atoms with van der Waals surface area (Å²) < 4.78 is 0. The molecule has 0 radical (unpaired) electrons. The van der Waals surface area contributed by atoms with Crippen molar-refractivity contribution in [2.45, 2.75) is 0 Å². The fourth-order valence-corrected chi connectivity index (χ4v) is 0.202. The predicted octanol–water partition coefficient (Wildman–Crippen LogP) is 0.0182. The lowest BCUT2D eigenvalue weighted by Crippen LogP contribution is -1.95. The van der Waals surface area contributed by atoms with Gasteiger partial charge in [-0.1, -0.05) is 0 Å². The second-order valence-electron chi connectivity index (χ2n) is 1.08. The zero-order chi connectivity index (χ0) is 6.41. The zero-order valence-electron chi connectivity index (χ0n) is 4.11. The van der Waals surface area contributed by atoms with Gasteiger partial charge in [0.2, 0.25) is 6.54 Å². The van der Waals surface area contributed by atoms with Crippen molar-refractivity contribution in [2.75, 3.05) is 6.54 Å². The van der Waals surface area contributed by atoms with Crippen LogP contribution in [0.2, 0.25) is 0 Å². The third kappa shape index (κ3) is 4.81. The smallest absolute Gasteiger partial charge is 0.222 e. The van der Waals surface area contributed by atoms with Crippen molar-refractivity contribution in [3.05, 3.63) is 22.3 Å². The van der Waals surface area contributed by atoms with Gasteiger partial charge < -0.3 is 0 Å². The quantitative estimate of drug-likeness (QED) is 0.225. The van der Waals surface area contributed by atoms with Gasteiger partial charge in [-0.3, -0.25) is 14.9 Å². The van der Waals surface area contributed by atoms with Crippen LogP contribution in [0.25, 0.3) is 0 Å². The van der Waals surface area contributed by atoms with Gasteiger partial charge >= 0.3 is 0 Å². The summed E-state index contributed by atoms with van der Waals surface area (Å²) in [7, 11) is 0. The van der Waals surface area contributed by atoms with E-state index < -0.39 is 4.92 Å². The van der Waals surface area contributed by atoms with Crippen LogP contribution in [0.1, 0.15) is 0 Å². The number of hydrogen-bond acceptors (Lipinski definition) is 3. The summed E-state index contributed by atoms with van der Waals surface area (Å²) in [6.45, 7) is -0.279. The SMILES string of the molecule is O=C/C=C/C[N+](=O)[O-]. The average Bonchev–Trinajstić information content (AvgIpc) is 1.66. The topological polar surface area (TPSA) is 60.2 Å². The van der Waals surface area contributed by atoms with Crippen LogP contribution < -0.4 is 0 Å². The first-order valence-electron chi connectivity index (χ1n) is 1.99. The molecule has 0 heterocycles. The van der Waals surface area contributed by atoms with Gasteiger partial charge in [0.1, 0.15) is 6.29 Å². The molecule has 0 amide bonds. The van der Waals surface area contributed by atoms with Gasteiger partial charge in [-0.25, -0.2) is 0 Å². The highest BCUT2D eigenvalue weighted by Gasteiger charge is 1.84. The summed E-state index contributed by atoms with van der Waals surface area (Å²) in [5, 5.41) is 9.51. The van der Waals surface area contributed by atoms with E-state index in [2.05, 4.69) is 0 Å². The molecule has 0 N–H and O–H groups in total. The molecule has 44 valence electrons. The van der Waals surface area contributed by atoms with Crippen LogP contribution >= 0.6 is 0 Å². The Balaban J connectivity index is 3.29. The molecule has 0 aromatic carbocycles. The van der Waals surface area contributed by atoms with Gasteiger partial charge in [0, 0.05) is 4.92 Å². The minimum atomic E-state index is -0.514. The second-order valence-corrected chi connectivity index (χ2v) is 1.08. The number of rotatable bonds is 3. The normalized spacial score (nSPS) is 9.50. The van der Waals surface area contributed by atoms with Crippen molar-refractivity contribution in [1.82, 2.24) is 0 Å². The Morgan fingerprint density at radius 2 is 2.25 bits per heavy atom. The third-order valence-corrected chi connectivity index (χ3v) is 0.469. The van der Waals surface area contributed by atoms with Gasteiger partial charge in [0.05, 0.1) is 0 Å². The molecule has 0 saturated carbocycles. The molecule has 0 bridgehead atoms. The van der Waals surface area contributed by atoms with E-state index in [-0.39, 0.29) is 6.54 Å². The minimum absolute atomic E-state index is 0.279. The number of hydrogen-bond donors (Lipinski definition) is 0. The first kappa shape index (κ1) is 6.81. The molecule has 0 fully saturated rings. The maximum atomic E-state index is 9.51. The molecule has 0 aliphatic carbocycles. The fraction of sp³-hybridized carbons (Fsp3) is 0.250. The van der Waals surface area contributed by atoms with Crippen molar-refractivity contribution in [1.29, 1.82) is 0 Å². The van der Waals surface area contributed by atoms with Crippen LogP contribution in [-0.4, -0.2) is 17.8 Å². The standard InChI is InChI=1S/C4H5NO3/c6-4-2-1-3-5(7)8/h1-2,4H,3H2/b2-1+. The van der Waals surface area contributed by atoms with E-state index in [1.54, 1.807) is 0 Å². The summed E-state index contributed by atoms with van der Waals surface area (Å²) in [6, 6.07) is 0. The largest absolute Gasteiger partial charge is 0.299 e. The summed E-state index contributed by atoms with van der Waals surface area (Å²) in [5.74, 6) is 0. The van der Waals surface area contributed by atoms with Crippen molar-refractivity contribution >= 4 is 6.29 Å². The molecule has 0 saturated heterocycles. The number of nitrogens with zero attached hydrogens (tertiary/aromatic N) is 1. The molecule has 4 nitrogen and oxygen atoms in total. The van der Waals surface area contributed by atoms with Crippen molar-refractivity contribution in [2.24, 2.45) is 0 Å². The lowest BCUT2D eigenvalue weighted by Gasteiger charge is -1.77. The van der Waals surface area contributed by atoms with E-state index in [1.165, 1.54) is 6.08 Å². The van der Waals surface area contributed by atoms with Gasteiger partial charge in [-0.05, 0) is 12.2 Å². The summed E-state index contributed by atoms with van der Waals surface area (Å²) >= 11 is 0. The molecule has 4 heteroatoms. The Labute approximate surface area is 46.0 Å². The van der Waals surface area contributed by atoms with Crippen LogP contribution in [0, 0.1) is 10.1 Å². The molecular weight excluding hydrogens is 110 g/mol. The molecule has 0 aliphatic rings. The summed E-state index contributed by atoms with van der Waals surface area (Å²) in [4.78, 5) is 18.5. The maximum absolute atomic E-state index is 9.51. The first-order valence-corrected chi connectivity index (χ1v) is 1.99. The van der Waals surface area contributed by atoms with Crippen LogP contribution in [0.15, 0.2) is 12.2 Å². The molecule has 0 spiro atoms. The van der Waals surface area contributed by atoms with E-state index in [0.717, 1.165) is 6.08 Å². The van der Waals surface area contributed by atoms with Crippen LogP contribution in [-0.2, 0) is 4.79 Å². The minimum Gasteiger partial charge on any atom is -0.299 e. The monoisotopic (exact) mass is 115 g/mol. The van der Waals surface area contributed by atoms with E-state index in [4.69, 9.17) is 0 Å². The molecule has 0 aliphatic heterocycles. The number of nitro groups is 1. The average molecular weight is 115 g/mol. The van der Waals surface area contributed by atoms with Gasteiger partial charge in [-0.2, -0.15) is 0 Å². The molecule has 0 aromatic heterocycles. The predicted molar refractivity (Wildman–Crippen MR) is 27.1 cm³/mol. The van der Waals surface area contributed by atoms with E-state index in [1.807, 2.05) is 0 Å². The highest BCUT2D eigenvalue weighted by atomic mass is 16.6. The fourth-order valence-electron chi connectivity index (χ4n) is 0.202. The molecule has 0 rings (SSSR count). The number of allylic oxidation sites excluding steroid dienone is 1. The highest BCUT2D eigenvalue weighted by molar-refractivity contribution is 5.64. The first-order chi connectivity index (χ1) is 3.77. The van der Waals surface area contributed by atoms with Gasteiger partial charge in [0.15, 0.2) is 0 Å². The number of carbonyl (C=O) groups is 1. The lowest BCUT2D eigenvalue weighted by molar-refractivity contribution is -0.468.